The normalized spacial score (nSPS) is 19.3. The zero-order valence-electron chi connectivity index (χ0n) is 16.6. The number of nitrogens with zero attached hydrogens (tertiary/aromatic N) is 5. The SMILES string of the molecule is CN1CCCN(Cc2ccccn2)CCCN(Cc2ccccn2)CCC1. The van der Waals surface area contributed by atoms with Gasteiger partial charge in [0.15, 0.2) is 0 Å². The van der Waals surface area contributed by atoms with E-state index < -0.39 is 0 Å². The molecule has 0 unspecified atom stereocenters. The fraction of sp³-hybridized carbons (Fsp3) is 0.545. The molecule has 0 atom stereocenters. The fourth-order valence-electron chi connectivity index (χ4n) is 3.74. The van der Waals surface area contributed by atoms with E-state index in [1.165, 1.54) is 43.7 Å². The van der Waals surface area contributed by atoms with Gasteiger partial charge in [0.05, 0.1) is 11.4 Å². The summed E-state index contributed by atoms with van der Waals surface area (Å²) in [5.74, 6) is 0. The molecule has 0 bridgehead atoms. The molecule has 146 valence electrons. The number of rotatable bonds is 4. The highest BCUT2D eigenvalue weighted by Gasteiger charge is 2.12. The summed E-state index contributed by atoms with van der Waals surface area (Å²) >= 11 is 0. The Hall–Kier alpha value is -1.82. The van der Waals surface area contributed by atoms with E-state index in [1.54, 1.807) is 0 Å². The second-order valence-corrected chi connectivity index (χ2v) is 7.56. The minimum atomic E-state index is 0.949. The van der Waals surface area contributed by atoms with Crippen LogP contribution >= 0.6 is 0 Å². The van der Waals surface area contributed by atoms with Gasteiger partial charge in [-0.1, -0.05) is 12.1 Å². The lowest BCUT2D eigenvalue weighted by molar-refractivity contribution is 0.185. The van der Waals surface area contributed by atoms with Gasteiger partial charge < -0.3 is 4.90 Å². The van der Waals surface area contributed by atoms with Gasteiger partial charge in [-0.25, -0.2) is 0 Å². The molecule has 0 amide bonds. The number of aromatic nitrogens is 2. The van der Waals surface area contributed by atoms with Crippen molar-refractivity contribution in [2.75, 3.05) is 46.3 Å². The Labute approximate surface area is 164 Å². The summed E-state index contributed by atoms with van der Waals surface area (Å²) in [5.41, 5.74) is 2.34. The number of pyridine rings is 2. The third-order valence-corrected chi connectivity index (χ3v) is 5.20. The molecule has 5 nitrogen and oxygen atoms in total. The first-order valence-corrected chi connectivity index (χ1v) is 10.2. The van der Waals surface area contributed by atoms with Crippen LogP contribution in [0.15, 0.2) is 48.8 Å². The molecule has 2 aromatic heterocycles. The summed E-state index contributed by atoms with van der Waals surface area (Å²) in [5, 5.41) is 0. The average molecular weight is 368 g/mol. The standard InChI is InChI=1S/C22H33N5/c1-25-13-6-15-26(19-21-9-2-4-11-23-21)17-8-18-27(16-7-14-25)20-22-10-3-5-12-24-22/h2-5,9-12H,6-8,13-20H2,1H3. The van der Waals surface area contributed by atoms with Crippen molar-refractivity contribution in [3.05, 3.63) is 60.2 Å². The van der Waals surface area contributed by atoms with Gasteiger partial charge in [-0.3, -0.25) is 19.8 Å². The predicted octanol–water partition coefficient (Wildman–Crippen LogP) is 2.90. The quantitative estimate of drug-likeness (QED) is 0.830. The van der Waals surface area contributed by atoms with Crippen LogP contribution in [0.25, 0.3) is 0 Å². The van der Waals surface area contributed by atoms with Crippen molar-refractivity contribution in [3.8, 4) is 0 Å². The van der Waals surface area contributed by atoms with Crippen molar-refractivity contribution in [1.82, 2.24) is 24.7 Å². The molecule has 0 aliphatic carbocycles. The van der Waals surface area contributed by atoms with Crippen LogP contribution in [-0.2, 0) is 13.1 Å². The summed E-state index contributed by atoms with van der Waals surface area (Å²) in [6, 6.07) is 12.4. The summed E-state index contributed by atoms with van der Waals surface area (Å²) in [6.07, 6.45) is 7.43. The van der Waals surface area contributed by atoms with E-state index in [-0.39, 0.29) is 0 Å². The van der Waals surface area contributed by atoms with Crippen LogP contribution in [0.2, 0.25) is 0 Å². The Morgan fingerprint density at radius 2 is 1.11 bits per heavy atom. The monoisotopic (exact) mass is 367 g/mol. The van der Waals surface area contributed by atoms with Crippen molar-refractivity contribution in [1.29, 1.82) is 0 Å². The minimum Gasteiger partial charge on any atom is -0.306 e. The van der Waals surface area contributed by atoms with Gasteiger partial charge in [0.25, 0.3) is 0 Å². The lowest BCUT2D eigenvalue weighted by atomic mass is 10.2. The molecule has 1 aliphatic rings. The molecule has 3 rings (SSSR count). The maximum Gasteiger partial charge on any atom is 0.0543 e. The van der Waals surface area contributed by atoms with E-state index in [2.05, 4.69) is 56.0 Å². The summed E-state index contributed by atoms with van der Waals surface area (Å²) in [4.78, 5) is 16.6. The van der Waals surface area contributed by atoms with E-state index in [4.69, 9.17) is 0 Å². The molecule has 1 fully saturated rings. The van der Waals surface area contributed by atoms with Crippen LogP contribution in [0.1, 0.15) is 30.7 Å². The molecule has 2 aromatic rings. The van der Waals surface area contributed by atoms with Crippen LogP contribution in [-0.4, -0.2) is 71.0 Å². The second kappa shape index (κ2) is 11.1. The molecule has 27 heavy (non-hydrogen) atoms. The lowest BCUT2D eigenvalue weighted by Crippen LogP contribution is -2.35. The second-order valence-electron chi connectivity index (χ2n) is 7.56. The maximum atomic E-state index is 4.52. The molecular weight excluding hydrogens is 334 g/mol. The first kappa shape index (κ1) is 19.9. The van der Waals surface area contributed by atoms with E-state index >= 15 is 0 Å². The molecule has 0 spiro atoms. The zero-order valence-corrected chi connectivity index (χ0v) is 16.6. The van der Waals surface area contributed by atoms with Crippen molar-refractivity contribution < 1.29 is 0 Å². The maximum absolute atomic E-state index is 4.52. The van der Waals surface area contributed by atoms with Gasteiger partial charge >= 0.3 is 0 Å². The molecule has 1 aliphatic heterocycles. The first-order chi connectivity index (χ1) is 13.3. The molecule has 0 radical (unpaired) electrons. The lowest BCUT2D eigenvalue weighted by Gasteiger charge is -2.28. The number of hydrogen-bond donors (Lipinski definition) is 0. The van der Waals surface area contributed by atoms with E-state index in [0.717, 1.165) is 39.3 Å². The third-order valence-electron chi connectivity index (χ3n) is 5.20. The van der Waals surface area contributed by atoms with Gasteiger partial charge in [0.2, 0.25) is 0 Å². The average Bonchev–Trinajstić information content (AvgIpc) is 2.68. The van der Waals surface area contributed by atoms with Gasteiger partial charge in [-0.05, 0) is 89.8 Å². The highest BCUT2D eigenvalue weighted by atomic mass is 15.2. The first-order valence-electron chi connectivity index (χ1n) is 10.2. The molecule has 3 heterocycles. The van der Waals surface area contributed by atoms with Crippen LogP contribution in [0.5, 0.6) is 0 Å². The van der Waals surface area contributed by atoms with Crippen molar-refractivity contribution in [2.45, 2.75) is 32.4 Å². The Bertz CT molecular complexity index is 578. The minimum absolute atomic E-state index is 0.949. The van der Waals surface area contributed by atoms with Crippen molar-refractivity contribution in [3.63, 3.8) is 0 Å². The van der Waals surface area contributed by atoms with E-state index in [1.807, 2.05) is 24.5 Å². The van der Waals surface area contributed by atoms with Crippen molar-refractivity contribution >= 4 is 0 Å². The van der Waals surface area contributed by atoms with Crippen LogP contribution in [0.3, 0.4) is 0 Å². The van der Waals surface area contributed by atoms with E-state index in [9.17, 15) is 0 Å². The van der Waals surface area contributed by atoms with Gasteiger partial charge in [0, 0.05) is 25.5 Å². The highest BCUT2D eigenvalue weighted by Crippen LogP contribution is 2.09. The molecule has 0 N–H and O–H groups in total. The largest absolute Gasteiger partial charge is 0.306 e. The third kappa shape index (κ3) is 7.37. The van der Waals surface area contributed by atoms with Crippen LogP contribution in [0.4, 0.5) is 0 Å². The molecule has 0 saturated carbocycles. The summed E-state index contributed by atoms with van der Waals surface area (Å²) in [7, 11) is 2.25. The Balaban J connectivity index is 1.58. The van der Waals surface area contributed by atoms with Gasteiger partial charge in [0.1, 0.15) is 0 Å². The topological polar surface area (TPSA) is 35.5 Å². The molecule has 0 aromatic carbocycles. The van der Waals surface area contributed by atoms with Crippen LogP contribution in [0, 0.1) is 0 Å². The smallest absolute Gasteiger partial charge is 0.0543 e. The predicted molar refractivity (Wildman–Crippen MR) is 110 cm³/mol. The van der Waals surface area contributed by atoms with Gasteiger partial charge in [-0.15, -0.1) is 0 Å². The molecule has 1 saturated heterocycles. The zero-order chi connectivity index (χ0) is 18.7. The molecular formula is C22H33N5. The fourth-order valence-corrected chi connectivity index (χ4v) is 3.74. The van der Waals surface area contributed by atoms with Gasteiger partial charge in [-0.2, -0.15) is 0 Å². The van der Waals surface area contributed by atoms with Crippen LogP contribution < -0.4 is 0 Å². The Morgan fingerprint density at radius 3 is 1.52 bits per heavy atom. The Morgan fingerprint density at radius 1 is 0.667 bits per heavy atom. The summed E-state index contributed by atoms with van der Waals surface area (Å²) in [6.45, 7) is 8.76. The molecule has 5 heteroatoms. The summed E-state index contributed by atoms with van der Waals surface area (Å²) < 4.78 is 0. The number of hydrogen-bond acceptors (Lipinski definition) is 5. The highest BCUT2D eigenvalue weighted by molar-refractivity contribution is 5.04. The van der Waals surface area contributed by atoms with E-state index in [0.29, 0.717) is 0 Å². The van der Waals surface area contributed by atoms with Crippen molar-refractivity contribution in [2.24, 2.45) is 0 Å². The Kier molecular flexibility index (Phi) is 8.21.